The molecule has 1 aliphatic heterocycles. The zero-order chi connectivity index (χ0) is 10.8. The van der Waals surface area contributed by atoms with Crippen molar-refractivity contribution in [1.29, 1.82) is 0 Å². The van der Waals surface area contributed by atoms with Crippen LogP contribution >= 0.6 is 0 Å². The topological polar surface area (TPSA) is 66.8 Å². The fourth-order valence-electron chi connectivity index (χ4n) is 1.92. The monoisotopic (exact) mass is 208 g/mol. The van der Waals surface area contributed by atoms with Crippen molar-refractivity contribution in [1.82, 2.24) is 0 Å². The second-order valence-corrected chi connectivity index (χ2v) is 3.54. The van der Waals surface area contributed by atoms with Crippen LogP contribution in [0.25, 0.3) is 0 Å². The number of carbonyl (C=O) groups is 1. The van der Waals surface area contributed by atoms with E-state index < -0.39 is 5.97 Å². The van der Waals surface area contributed by atoms with Gasteiger partial charge in [-0.05, 0) is 18.6 Å². The molecule has 0 amide bonds. The van der Waals surface area contributed by atoms with Gasteiger partial charge in [0.05, 0.1) is 18.8 Å². The maximum Gasteiger partial charge on any atom is 0.336 e. The van der Waals surface area contributed by atoms with Crippen molar-refractivity contribution in [2.24, 2.45) is 0 Å². The molecule has 1 aromatic rings. The van der Waals surface area contributed by atoms with E-state index in [1.807, 2.05) is 0 Å². The first kappa shape index (κ1) is 9.98. The van der Waals surface area contributed by atoms with Gasteiger partial charge >= 0.3 is 5.97 Å². The van der Waals surface area contributed by atoms with E-state index >= 15 is 0 Å². The number of carboxylic acid groups (broad SMARTS) is 1. The summed E-state index contributed by atoms with van der Waals surface area (Å²) in [6, 6.07) is 4.93. The van der Waals surface area contributed by atoms with Crippen LogP contribution in [0.5, 0.6) is 5.75 Å². The molecule has 0 aliphatic carbocycles. The Morgan fingerprint density at radius 3 is 3.00 bits per heavy atom. The molecule has 1 aliphatic rings. The van der Waals surface area contributed by atoms with Gasteiger partial charge in [0.25, 0.3) is 0 Å². The predicted molar refractivity (Wildman–Crippen MR) is 53.3 cm³/mol. The van der Waals surface area contributed by atoms with Crippen LogP contribution in [0.15, 0.2) is 18.2 Å². The number of aliphatic hydroxyl groups excluding tert-OH is 1. The Balaban J connectivity index is 2.54. The number of hydrogen-bond donors (Lipinski definition) is 2. The van der Waals surface area contributed by atoms with Gasteiger partial charge in [-0.1, -0.05) is 6.07 Å². The molecular weight excluding hydrogens is 196 g/mol. The number of aromatic carboxylic acids is 1. The number of rotatable bonds is 2. The summed E-state index contributed by atoms with van der Waals surface area (Å²) >= 11 is 0. The molecular formula is C11H12O4. The number of hydrogen-bond acceptors (Lipinski definition) is 3. The minimum atomic E-state index is -0.976. The van der Waals surface area contributed by atoms with Gasteiger partial charge in [0.1, 0.15) is 5.75 Å². The standard InChI is InChI=1S/C11H12O4/c12-6-7-4-5-15-9-3-1-2-8(10(7)9)11(13)14/h1-3,7,12H,4-6H2,(H,13,14). The third-order valence-electron chi connectivity index (χ3n) is 2.65. The Hall–Kier alpha value is -1.55. The van der Waals surface area contributed by atoms with Crippen LogP contribution in [0.1, 0.15) is 28.3 Å². The first-order valence-corrected chi connectivity index (χ1v) is 4.84. The third kappa shape index (κ3) is 1.68. The molecule has 0 aromatic heterocycles. The van der Waals surface area contributed by atoms with Crippen molar-refractivity contribution in [2.45, 2.75) is 12.3 Å². The smallest absolute Gasteiger partial charge is 0.336 e. The van der Waals surface area contributed by atoms with Gasteiger partial charge in [-0.25, -0.2) is 4.79 Å². The van der Waals surface area contributed by atoms with E-state index in [1.165, 1.54) is 0 Å². The van der Waals surface area contributed by atoms with Crippen LogP contribution in [0.2, 0.25) is 0 Å². The summed E-state index contributed by atoms with van der Waals surface area (Å²) in [5.41, 5.74) is 0.852. The van der Waals surface area contributed by atoms with Crippen molar-refractivity contribution in [2.75, 3.05) is 13.2 Å². The molecule has 4 heteroatoms. The largest absolute Gasteiger partial charge is 0.493 e. The molecule has 2 N–H and O–H groups in total. The van der Waals surface area contributed by atoms with Crippen LogP contribution in [0.3, 0.4) is 0 Å². The Labute approximate surface area is 87.1 Å². The van der Waals surface area contributed by atoms with Crippen LogP contribution in [-0.4, -0.2) is 29.4 Å². The zero-order valence-corrected chi connectivity index (χ0v) is 8.14. The fourth-order valence-corrected chi connectivity index (χ4v) is 1.92. The van der Waals surface area contributed by atoms with Gasteiger partial charge in [0.15, 0.2) is 0 Å². The van der Waals surface area contributed by atoms with Gasteiger partial charge in [0, 0.05) is 11.5 Å². The van der Waals surface area contributed by atoms with E-state index in [0.29, 0.717) is 24.3 Å². The summed E-state index contributed by atoms with van der Waals surface area (Å²) < 4.78 is 5.37. The highest BCUT2D eigenvalue weighted by molar-refractivity contribution is 5.90. The fraction of sp³-hybridized carbons (Fsp3) is 0.364. The minimum Gasteiger partial charge on any atom is -0.493 e. The van der Waals surface area contributed by atoms with Crippen LogP contribution in [-0.2, 0) is 0 Å². The molecule has 4 nitrogen and oxygen atoms in total. The molecule has 1 unspecified atom stereocenters. The molecule has 0 bridgehead atoms. The highest BCUT2D eigenvalue weighted by Gasteiger charge is 2.26. The first-order chi connectivity index (χ1) is 7.24. The number of fused-ring (bicyclic) bond motifs is 1. The summed E-state index contributed by atoms with van der Waals surface area (Å²) in [5.74, 6) is -0.517. The second-order valence-electron chi connectivity index (χ2n) is 3.54. The summed E-state index contributed by atoms with van der Waals surface area (Å²) in [6.45, 7) is 0.488. The van der Waals surface area contributed by atoms with Crippen molar-refractivity contribution >= 4 is 5.97 Å². The number of benzene rings is 1. The number of carboxylic acids is 1. The molecule has 0 radical (unpaired) electrons. The normalized spacial score (nSPS) is 19.1. The van der Waals surface area contributed by atoms with E-state index in [1.54, 1.807) is 18.2 Å². The highest BCUT2D eigenvalue weighted by atomic mass is 16.5. The van der Waals surface area contributed by atoms with Crippen molar-refractivity contribution < 1.29 is 19.7 Å². The SMILES string of the molecule is O=C(O)c1cccc2c1C(CO)CCO2. The summed E-state index contributed by atoms with van der Waals surface area (Å²) in [7, 11) is 0. The lowest BCUT2D eigenvalue weighted by molar-refractivity contribution is 0.0692. The Morgan fingerprint density at radius 1 is 1.53 bits per heavy atom. The van der Waals surface area contributed by atoms with Crippen molar-refractivity contribution in [3.63, 3.8) is 0 Å². The third-order valence-corrected chi connectivity index (χ3v) is 2.65. The average molecular weight is 208 g/mol. The van der Waals surface area contributed by atoms with E-state index in [0.717, 1.165) is 0 Å². The van der Waals surface area contributed by atoms with Crippen LogP contribution in [0, 0.1) is 0 Å². The molecule has 0 spiro atoms. The van der Waals surface area contributed by atoms with Crippen molar-refractivity contribution in [3.05, 3.63) is 29.3 Å². The van der Waals surface area contributed by atoms with E-state index in [4.69, 9.17) is 9.84 Å². The summed E-state index contributed by atoms with van der Waals surface area (Å²) in [4.78, 5) is 11.0. The summed E-state index contributed by atoms with van der Waals surface area (Å²) in [6.07, 6.45) is 0.661. The predicted octanol–water partition coefficient (Wildman–Crippen LogP) is 1.24. The second kappa shape index (κ2) is 3.90. The Kier molecular flexibility index (Phi) is 2.60. The molecule has 1 aromatic carbocycles. The number of ether oxygens (including phenoxy) is 1. The molecule has 0 saturated heterocycles. The lowest BCUT2D eigenvalue weighted by atomic mass is 9.90. The number of aliphatic hydroxyl groups is 1. The summed E-state index contributed by atoms with van der Waals surface area (Å²) in [5, 5.41) is 18.2. The highest BCUT2D eigenvalue weighted by Crippen LogP contribution is 2.35. The van der Waals surface area contributed by atoms with Crippen molar-refractivity contribution in [3.8, 4) is 5.75 Å². The van der Waals surface area contributed by atoms with Gasteiger partial charge in [-0.3, -0.25) is 0 Å². The van der Waals surface area contributed by atoms with Gasteiger partial charge in [-0.15, -0.1) is 0 Å². The van der Waals surface area contributed by atoms with E-state index in [2.05, 4.69) is 0 Å². The lowest BCUT2D eigenvalue weighted by Gasteiger charge is -2.25. The van der Waals surface area contributed by atoms with Gasteiger partial charge in [-0.2, -0.15) is 0 Å². The molecule has 1 heterocycles. The minimum absolute atomic E-state index is 0.0410. The molecule has 80 valence electrons. The van der Waals surface area contributed by atoms with Gasteiger partial charge in [0.2, 0.25) is 0 Å². The average Bonchev–Trinajstić information content (AvgIpc) is 2.27. The first-order valence-electron chi connectivity index (χ1n) is 4.84. The van der Waals surface area contributed by atoms with Crippen LogP contribution in [0.4, 0.5) is 0 Å². The van der Waals surface area contributed by atoms with Gasteiger partial charge < -0.3 is 14.9 Å². The molecule has 15 heavy (non-hydrogen) atoms. The van der Waals surface area contributed by atoms with E-state index in [-0.39, 0.29) is 18.1 Å². The zero-order valence-electron chi connectivity index (χ0n) is 8.14. The maximum atomic E-state index is 11.0. The Morgan fingerprint density at radius 2 is 2.33 bits per heavy atom. The molecule has 1 atom stereocenters. The maximum absolute atomic E-state index is 11.0. The Bertz CT molecular complexity index is 386. The molecule has 0 fully saturated rings. The lowest BCUT2D eigenvalue weighted by Crippen LogP contribution is -2.20. The quantitative estimate of drug-likeness (QED) is 0.767. The molecule has 2 rings (SSSR count). The molecule has 0 saturated carbocycles. The van der Waals surface area contributed by atoms with E-state index in [9.17, 15) is 9.90 Å². The van der Waals surface area contributed by atoms with Crippen LogP contribution < -0.4 is 4.74 Å².